The Labute approximate surface area is 78.0 Å². The lowest BCUT2D eigenvalue weighted by atomic mass is 10.2. The normalized spacial score (nSPS) is 10.8. The lowest BCUT2D eigenvalue weighted by Gasteiger charge is -1.99. The number of ether oxygens (including phenoxy) is 1. The Balaban J connectivity index is 4.71. The molecule has 0 fully saturated rings. The van der Waals surface area contributed by atoms with E-state index in [0.29, 0.717) is 17.9 Å². The van der Waals surface area contributed by atoms with Crippen LogP contribution in [0.25, 0.3) is 0 Å². The molecule has 0 saturated heterocycles. The number of nitrogens with zero attached hydrogens (tertiary/aromatic N) is 1. The number of hydrogen-bond donors (Lipinski definition) is 1. The molecule has 0 saturated carbocycles. The molecule has 0 radical (unpaired) electrons. The molecule has 72 valence electrons. The predicted molar refractivity (Wildman–Crippen MR) is 50.6 cm³/mol. The molecule has 0 atom stereocenters. The van der Waals surface area contributed by atoms with E-state index in [1.807, 2.05) is 0 Å². The lowest BCUT2D eigenvalue weighted by Crippen LogP contribution is -2.41. The summed E-state index contributed by atoms with van der Waals surface area (Å²) in [4.78, 5) is 11.3. The van der Waals surface area contributed by atoms with Gasteiger partial charge in [-0.25, -0.2) is 9.37 Å². The fourth-order valence-electron chi connectivity index (χ4n) is 0.745. The maximum atomic E-state index is 11.3. The first-order chi connectivity index (χ1) is 5.99. The molecule has 0 spiro atoms. The molecule has 0 aliphatic heterocycles. The Morgan fingerprint density at radius 1 is 1.69 bits per heavy atom. The first kappa shape index (κ1) is 11.6. The van der Waals surface area contributed by atoms with Gasteiger partial charge in [0.05, 0.1) is 6.61 Å². The molecule has 4 heteroatoms. The van der Waals surface area contributed by atoms with Crippen molar-refractivity contribution in [3.8, 4) is 0 Å². The van der Waals surface area contributed by atoms with Gasteiger partial charge in [-0.05, 0) is 6.92 Å². The molecule has 0 rings (SSSR count). The maximum absolute atomic E-state index is 11.3. The average Bonchev–Trinajstić information content (AvgIpc) is 1.99. The van der Waals surface area contributed by atoms with Crippen LogP contribution in [0.2, 0.25) is 0 Å². The van der Waals surface area contributed by atoms with Gasteiger partial charge in [0.2, 0.25) is 0 Å². The molecule has 0 aromatic carbocycles. The molecular weight excluding hydrogens is 168 g/mol. The largest absolute Gasteiger partial charge is 0.462 e. The summed E-state index contributed by atoms with van der Waals surface area (Å²) >= 11 is 0. The van der Waals surface area contributed by atoms with Gasteiger partial charge in [-0.1, -0.05) is 0 Å². The molecule has 0 aromatic rings. The lowest BCUT2D eigenvalue weighted by molar-refractivity contribution is -0.412. The third-order valence-electron chi connectivity index (χ3n) is 1.27. The van der Waals surface area contributed by atoms with Crippen molar-refractivity contribution in [2.75, 3.05) is 13.7 Å². The molecule has 0 amide bonds. The van der Waals surface area contributed by atoms with Crippen LogP contribution in [0.1, 0.15) is 13.8 Å². The van der Waals surface area contributed by atoms with Crippen molar-refractivity contribution in [1.82, 2.24) is 0 Å². The van der Waals surface area contributed by atoms with E-state index in [1.54, 1.807) is 20.9 Å². The van der Waals surface area contributed by atoms with Crippen LogP contribution in [0.4, 0.5) is 0 Å². The second-order valence-electron chi connectivity index (χ2n) is 2.70. The molecule has 13 heavy (non-hydrogen) atoms. The van der Waals surface area contributed by atoms with Gasteiger partial charge in [-0.3, -0.25) is 5.41 Å². The van der Waals surface area contributed by atoms with E-state index in [0.717, 1.165) is 0 Å². The Kier molecular flexibility index (Phi) is 4.66. The summed E-state index contributed by atoms with van der Waals surface area (Å²) in [7, 11) is 1.71. The molecule has 0 bridgehead atoms. The summed E-state index contributed by atoms with van der Waals surface area (Å²) in [5.74, 6) is -0.419. The summed E-state index contributed by atoms with van der Waals surface area (Å²) in [6.07, 6.45) is 1.54. The number of carbonyl (C=O) groups excluding carboxylic acids is 1. The number of rotatable bonds is 4. The van der Waals surface area contributed by atoms with Crippen LogP contribution in [0.15, 0.2) is 11.8 Å². The second-order valence-corrected chi connectivity index (χ2v) is 2.70. The van der Waals surface area contributed by atoms with Gasteiger partial charge in [0, 0.05) is 6.92 Å². The Morgan fingerprint density at radius 2 is 2.23 bits per heavy atom. The fourth-order valence-corrected chi connectivity index (χ4v) is 0.745. The van der Waals surface area contributed by atoms with Gasteiger partial charge in [0.25, 0.3) is 0 Å². The molecule has 4 nitrogen and oxygen atoms in total. The molecular formula is C9H16N2O2+2. The third-order valence-corrected chi connectivity index (χ3v) is 1.27. The van der Waals surface area contributed by atoms with Crippen LogP contribution >= 0.6 is 0 Å². The molecule has 0 aliphatic carbocycles. The van der Waals surface area contributed by atoms with Crippen molar-refractivity contribution in [3.63, 3.8) is 0 Å². The minimum Gasteiger partial charge on any atom is -0.462 e. The van der Waals surface area contributed by atoms with Crippen molar-refractivity contribution in [3.05, 3.63) is 11.8 Å². The van der Waals surface area contributed by atoms with Crippen LogP contribution < -0.4 is 5.41 Å². The maximum Gasteiger partial charge on any atom is 0.350 e. The minimum atomic E-state index is -0.419. The number of hydrogen-bond acceptors (Lipinski definition) is 2. The zero-order chi connectivity index (χ0) is 10.4. The molecule has 0 unspecified atom stereocenters. The van der Waals surface area contributed by atoms with Gasteiger partial charge >= 0.3 is 5.97 Å². The van der Waals surface area contributed by atoms with Crippen LogP contribution in [-0.4, -0.2) is 36.6 Å². The van der Waals surface area contributed by atoms with Gasteiger partial charge < -0.3 is 4.74 Å². The Morgan fingerprint density at radius 3 is 2.54 bits per heavy atom. The number of carbonyl (C=O) groups is 1. The van der Waals surface area contributed by atoms with Gasteiger partial charge in [0.15, 0.2) is 17.5 Å². The first-order valence-electron chi connectivity index (χ1n) is 4.00. The SMILES string of the molecule is C=[N+](C)/C=C(/C(C)=[NH2+])C(=O)OCC. The highest BCUT2D eigenvalue weighted by Gasteiger charge is 2.19. The number of nitrogens with two attached hydrogens (primary N) is 1. The third kappa shape index (κ3) is 4.20. The van der Waals surface area contributed by atoms with Gasteiger partial charge in [-0.15, -0.1) is 0 Å². The average molecular weight is 184 g/mol. The monoisotopic (exact) mass is 184 g/mol. The predicted octanol–water partition coefficient (Wildman–Crippen LogP) is -1.00. The van der Waals surface area contributed by atoms with Crippen LogP contribution in [0, 0.1) is 0 Å². The highest BCUT2D eigenvalue weighted by atomic mass is 16.5. The van der Waals surface area contributed by atoms with Gasteiger partial charge in [-0.2, -0.15) is 0 Å². The van der Waals surface area contributed by atoms with Crippen LogP contribution in [-0.2, 0) is 9.53 Å². The summed E-state index contributed by atoms with van der Waals surface area (Å²) in [5.41, 5.74) is 0.772. The smallest absolute Gasteiger partial charge is 0.350 e. The topological polar surface area (TPSA) is 54.9 Å². The summed E-state index contributed by atoms with van der Waals surface area (Å²) in [5, 5.41) is 5.51. The van der Waals surface area contributed by atoms with E-state index < -0.39 is 5.97 Å². The first-order valence-corrected chi connectivity index (χ1v) is 4.00. The van der Waals surface area contributed by atoms with Crippen molar-refractivity contribution in [1.29, 1.82) is 0 Å². The molecule has 0 heterocycles. The Hall–Kier alpha value is -1.45. The van der Waals surface area contributed by atoms with E-state index >= 15 is 0 Å². The van der Waals surface area contributed by atoms with E-state index in [1.165, 1.54) is 10.8 Å². The molecule has 0 aromatic heterocycles. The van der Waals surface area contributed by atoms with Gasteiger partial charge in [0.1, 0.15) is 13.8 Å². The fraction of sp³-hybridized carbons (Fsp3) is 0.444. The van der Waals surface area contributed by atoms with Crippen molar-refractivity contribution < 1.29 is 19.5 Å². The molecule has 2 N–H and O–H groups in total. The Bertz CT molecular complexity index is 267. The van der Waals surface area contributed by atoms with Crippen molar-refractivity contribution in [2.24, 2.45) is 0 Å². The second kappa shape index (κ2) is 5.24. The highest BCUT2D eigenvalue weighted by molar-refractivity contribution is 6.16. The molecule has 0 aliphatic rings. The quantitative estimate of drug-likeness (QED) is 0.263. The van der Waals surface area contributed by atoms with Crippen molar-refractivity contribution in [2.45, 2.75) is 13.8 Å². The van der Waals surface area contributed by atoms with E-state index in [-0.39, 0.29) is 0 Å². The van der Waals surface area contributed by atoms with E-state index in [4.69, 9.17) is 10.1 Å². The highest BCUT2D eigenvalue weighted by Crippen LogP contribution is 1.98. The van der Waals surface area contributed by atoms with Crippen LogP contribution in [0.5, 0.6) is 0 Å². The van der Waals surface area contributed by atoms with Crippen molar-refractivity contribution >= 4 is 18.4 Å². The van der Waals surface area contributed by atoms with E-state index in [9.17, 15) is 4.79 Å². The summed E-state index contributed by atoms with van der Waals surface area (Å²) < 4.78 is 6.31. The zero-order valence-corrected chi connectivity index (χ0v) is 8.33. The minimum absolute atomic E-state index is 0.338. The zero-order valence-electron chi connectivity index (χ0n) is 8.33. The van der Waals surface area contributed by atoms with Crippen LogP contribution in [0.3, 0.4) is 0 Å². The number of esters is 1. The standard InChI is InChI=1S/C9H15N2O2/c1-5-13-9(12)8(7(2)10)6-11(3)4/h6,10H,3,5H2,1-2,4H3/q+1/p+1/b8-6-,10-7?. The summed E-state index contributed by atoms with van der Waals surface area (Å²) in [6.45, 7) is 7.31. The van der Waals surface area contributed by atoms with E-state index in [2.05, 4.69) is 6.72 Å². The summed E-state index contributed by atoms with van der Waals surface area (Å²) in [6, 6.07) is 0.